The Kier molecular flexibility index (Phi) is 5.66. The monoisotopic (exact) mass is 237 g/mol. The van der Waals surface area contributed by atoms with E-state index in [0.29, 0.717) is 31.0 Å². The zero-order chi connectivity index (χ0) is 12.7. The lowest BCUT2D eigenvalue weighted by Crippen LogP contribution is -2.27. The van der Waals surface area contributed by atoms with Crippen LogP contribution in [0.1, 0.15) is 17.3 Å². The molecular formula is C13H19NO3. The molecule has 0 unspecified atom stereocenters. The summed E-state index contributed by atoms with van der Waals surface area (Å²) in [5, 5.41) is 8.74. The summed E-state index contributed by atoms with van der Waals surface area (Å²) in [5.74, 6) is 0.627. The fourth-order valence-electron chi connectivity index (χ4n) is 1.48. The van der Waals surface area contributed by atoms with E-state index in [2.05, 4.69) is 0 Å². The number of Topliss-reactive ketones (excluding diaryl/α,β-unsaturated/α-hetero) is 1. The van der Waals surface area contributed by atoms with Crippen molar-refractivity contribution in [2.24, 2.45) is 0 Å². The van der Waals surface area contributed by atoms with E-state index in [1.807, 2.05) is 24.1 Å². The fourth-order valence-corrected chi connectivity index (χ4v) is 1.48. The maximum atomic E-state index is 11.3. The number of ether oxygens (including phenoxy) is 1. The highest BCUT2D eigenvalue weighted by Crippen LogP contribution is 2.18. The molecule has 0 amide bonds. The molecule has 0 saturated heterocycles. The molecule has 0 saturated carbocycles. The molecule has 1 aromatic carbocycles. The first kappa shape index (κ1) is 13.7. The van der Waals surface area contributed by atoms with Crippen LogP contribution < -0.4 is 4.74 Å². The summed E-state index contributed by atoms with van der Waals surface area (Å²) in [6, 6.07) is 7.22. The average molecular weight is 237 g/mol. The second-order valence-corrected chi connectivity index (χ2v) is 3.93. The van der Waals surface area contributed by atoms with Crippen LogP contribution in [0.5, 0.6) is 5.75 Å². The lowest BCUT2D eigenvalue weighted by atomic mass is 10.1. The number of benzene rings is 1. The van der Waals surface area contributed by atoms with Gasteiger partial charge in [0.1, 0.15) is 12.4 Å². The van der Waals surface area contributed by atoms with Crippen LogP contribution in [0.2, 0.25) is 0 Å². The Labute approximate surface area is 102 Å². The summed E-state index contributed by atoms with van der Waals surface area (Å²) >= 11 is 0. The summed E-state index contributed by atoms with van der Waals surface area (Å²) in [6.45, 7) is 3.51. The topological polar surface area (TPSA) is 49.8 Å². The Hall–Kier alpha value is -1.39. The molecule has 4 nitrogen and oxygen atoms in total. The number of hydrogen-bond acceptors (Lipinski definition) is 4. The minimum Gasteiger partial charge on any atom is -0.491 e. The summed E-state index contributed by atoms with van der Waals surface area (Å²) < 4.78 is 5.57. The number of para-hydroxylation sites is 1. The van der Waals surface area contributed by atoms with Gasteiger partial charge in [-0.05, 0) is 26.1 Å². The molecule has 4 heteroatoms. The van der Waals surface area contributed by atoms with Gasteiger partial charge in [0, 0.05) is 13.1 Å². The first-order valence-electron chi connectivity index (χ1n) is 5.67. The second kappa shape index (κ2) is 7.04. The van der Waals surface area contributed by atoms with Crippen molar-refractivity contribution >= 4 is 5.78 Å². The van der Waals surface area contributed by atoms with Gasteiger partial charge in [-0.25, -0.2) is 0 Å². The summed E-state index contributed by atoms with van der Waals surface area (Å²) in [7, 11) is 1.91. The molecule has 0 spiro atoms. The lowest BCUT2D eigenvalue weighted by Gasteiger charge is -2.16. The maximum Gasteiger partial charge on any atom is 0.163 e. The van der Waals surface area contributed by atoms with Gasteiger partial charge in [-0.3, -0.25) is 4.79 Å². The molecule has 1 N–H and O–H groups in total. The number of ketones is 1. The van der Waals surface area contributed by atoms with Crippen molar-refractivity contribution in [2.75, 3.05) is 33.4 Å². The largest absolute Gasteiger partial charge is 0.491 e. The SMILES string of the molecule is CC(=O)c1ccccc1OCCN(C)CCO. The number of aliphatic hydroxyl groups is 1. The highest BCUT2D eigenvalue weighted by Gasteiger charge is 2.07. The van der Waals surface area contributed by atoms with Crippen molar-refractivity contribution in [3.8, 4) is 5.75 Å². The number of nitrogens with zero attached hydrogens (tertiary/aromatic N) is 1. The third-order valence-corrected chi connectivity index (χ3v) is 2.48. The Bertz CT molecular complexity index is 365. The molecule has 0 fully saturated rings. The predicted octanol–water partition coefficient (Wildman–Crippen LogP) is 1.19. The zero-order valence-electron chi connectivity index (χ0n) is 10.3. The summed E-state index contributed by atoms with van der Waals surface area (Å²) in [5.41, 5.74) is 0.609. The van der Waals surface area contributed by atoms with Crippen LogP contribution >= 0.6 is 0 Å². The first-order chi connectivity index (χ1) is 8.15. The van der Waals surface area contributed by atoms with Crippen LogP contribution in [0.25, 0.3) is 0 Å². The molecule has 1 rings (SSSR count). The van der Waals surface area contributed by atoms with Crippen molar-refractivity contribution < 1.29 is 14.6 Å². The standard InChI is InChI=1S/C13H19NO3/c1-11(16)12-5-3-4-6-13(12)17-10-8-14(2)7-9-15/h3-6,15H,7-10H2,1-2H3. The van der Waals surface area contributed by atoms with Crippen molar-refractivity contribution in [3.05, 3.63) is 29.8 Å². The molecule has 0 bridgehead atoms. The number of likely N-dealkylation sites (N-methyl/N-ethyl adjacent to an activating group) is 1. The minimum atomic E-state index is 0.00399. The highest BCUT2D eigenvalue weighted by atomic mass is 16.5. The summed E-state index contributed by atoms with van der Waals surface area (Å²) in [6.07, 6.45) is 0. The van der Waals surface area contributed by atoms with Gasteiger partial charge in [-0.1, -0.05) is 12.1 Å². The van der Waals surface area contributed by atoms with E-state index >= 15 is 0 Å². The summed E-state index contributed by atoms with van der Waals surface area (Å²) in [4.78, 5) is 13.3. The van der Waals surface area contributed by atoms with Gasteiger partial charge in [0.25, 0.3) is 0 Å². The van der Waals surface area contributed by atoms with E-state index in [9.17, 15) is 4.79 Å². The van der Waals surface area contributed by atoms with E-state index in [-0.39, 0.29) is 12.4 Å². The van der Waals surface area contributed by atoms with Crippen molar-refractivity contribution in [1.82, 2.24) is 4.90 Å². The van der Waals surface area contributed by atoms with Crippen LogP contribution in [0, 0.1) is 0 Å². The van der Waals surface area contributed by atoms with Gasteiger partial charge in [-0.2, -0.15) is 0 Å². The van der Waals surface area contributed by atoms with Crippen molar-refractivity contribution in [3.63, 3.8) is 0 Å². The first-order valence-corrected chi connectivity index (χ1v) is 5.67. The van der Waals surface area contributed by atoms with Crippen LogP contribution in [-0.2, 0) is 0 Å². The van der Waals surface area contributed by atoms with Crippen molar-refractivity contribution in [1.29, 1.82) is 0 Å². The van der Waals surface area contributed by atoms with Crippen LogP contribution in [0.15, 0.2) is 24.3 Å². The van der Waals surface area contributed by atoms with Crippen LogP contribution in [0.3, 0.4) is 0 Å². The predicted molar refractivity (Wildman–Crippen MR) is 66.5 cm³/mol. The quantitative estimate of drug-likeness (QED) is 0.724. The number of hydrogen-bond donors (Lipinski definition) is 1. The van der Waals surface area contributed by atoms with Gasteiger partial charge in [-0.15, -0.1) is 0 Å². The molecule has 0 aliphatic carbocycles. The number of carbonyl (C=O) groups is 1. The molecule has 0 aliphatic rings. The van der Waals surface area contributed by atoms with Gasteiger partial charge in [0.2, 0.25) is 0 Å². The smallest absolute Gasteiger partial charge is 0.163 e. The Morgan fingerprint density at radius 3 is 2.71 bits per heavy atom. The maximum absolute atomic E-state index is 11.3. The molecule has 1 aromatic rings. The van der Waals surface area contributed by atoms with E-state index in [4.69, 9.17) is 9.84 Å². The van der Waals surface area contributed by atoms with Crippen LogP contribution in [0.4, 0.5) is 0 Å². The van der Waals surface area contributed by atoms with E-state index < -0.39 is 0 Å². The van der Waals surface area contributed by atoms with E-state index in [1.165, 1.54) is 6.92 Å². The number of rotatable bonds is 7. The molecule has 94 valence electrons. The van der Waals surface area contributed by atoms with Gasteiger partial charge in [0.15, 0.2) is 5.78 Å². The third kappa shape index (κ3) is 4.54. The molecule has 17 heavy (non-hydrogen) atoms. The zero-order valence-corrected chi connectivity index (χ0v) is 10.3. The molecular weight excluding hydrogens is 218 g/mol. The second-order valence-electron chi connectivity index (χ2n) is 3.93. The molecule has 0 heterocycles. The normalized spacial score (nSPS) is 10.6. The Morgan fingerprint density at radius 1 is 1.35 bits per heavy atom. The number of carbonyl (C=O) groups excluding carboxylic acids is 1. The average Bonchev–Trinajstić information content (AvgIpc) is 2.30. The van der Waals surface area contributed by atoms with E-state index in [1.54, 1.807) is 12.1 Å². The molecule has 0 aromatic heterocycles. The van der Waals surface area contributed by atoms with Crippen molar-refractivity contribution in [2.45, 2.75) is 6.92 Å². The van der Waals surface area contributed by atoms with E-state index in [0.717, 1.165) is 0 Å². The number of aliphatic hydroxyl groups excluding tert-OH is 1. The van der Waals surface area contributed by atoms with Gasteiger partial charge >= 0.3 is 0 Å². The minimum absolute atomic E-state index is 0.00399. The van der Waals surface area contributed by atoms with Gasteiger partial charge in [0.05, 0.1) is 12.2 Å². The molecule has 0 aliphatic heterocycles. The Balaban J connectivity index is 2.49. The highest BCUT2D eigenvalue weighted by molar-refractivity contribution is 5.96. The third-order valence-electron chi connectivity index (χ3n) is 2.48. The van der Waals surface area contributed by atoms with Crippen LogP contribution in [-0.4, -0.2) is 49.1 Å². The Morgan fingerprint density at radius 2 is 2.06 bits per heavy atom. The fraction of sp³-hybridized carbons (Fsp3) is 0.462. The lowest BCUT2D eigenvalue weighted by molar-refractivity contribution is 0.101. The molecule has 0 radical (unpaired) electrons. The van der Waals surface area contributed by atoms with Gasteiger partial charge < -0.3 is 14.7 Å². The molecule has 0 atom stereocenters.